The molecule has 4 nitrogen and oxygen atoms in total. The second kappa shape index (κ2) is 7.22. The molecule has 0 radical (unpaired) electrons. The minimum Gasteiger partial charge on any atom is -0.488 e. The summed E-state index contributed by atoms with van der Waals surface area (Å²) in [6.07, 6.45) is 1.14. The molecule has 1 aliphatic rings. The highest BCUT2D eigenvalue weighted by Gasteiger charge is 2.32. The van der Waals surface area contributed by atoms with Gasteiger partial charge in [-0.25, -0.2) is 4.39 Å². The van der Waals surface area contributed by atoms with Crippen molar-refractivity contribution in [2.24, 2.45) is 5.92 Å². The lowest BCUT2D eigenvalue weighted by Crippen LogP contribution is -2.25. The van der Waals surface area contributed by atoms with Crippen LogP contribution in [-0.4, -0.2) is 16.7 Å². The van der Waals surface area contributed by atoms with Crippen molar-refractivity contribution in [3.63, 3.8) is 0 Å². The number of benzene rings is 2. The number of aryl methyl sites for hydroxylation is 1. The van der Waals surface area contributed by atoms with Gasteiger partial charge in [-0.1, -0.05) is 19.1 Å². The van der Waals surface area contributed by atoms with Crippen molar-refractivity contribution < 1.29 is 23.8 Å². The normalized spacial score (nSPS) is 15.7. The third-order valence-electron chi connectivity index (χ3n) is 4.79. The van der Waals surface area contributed by atoms with E-state index in [-0.39, 0.29) is 18.0 Å². The Labute approximate surface area is 158 Å². The molecule has 1 N–H and O–H groups in total. The maximum absolute atomic E-state index is 14.0. The predicted molar refractivity (Wildman–Crippen MR) is 101 cm³/mol. The van der Waals surface area contributed by atoms with Crippen molar-refractivity contribution in [2.45, 2.75) is 52.7 Å². The first-order valence-corrected chi connectivity index (χ1v) is 9.10. The number of rotatable bonds is 6. The fraction of sp³-hybridized carbons (Fsp3) is 0.409. The van der Waals surface area contributed by atoms with Crippen LogP contribution in [0.1, 0.15) is 43.0 Å². The topological polar surface area (TPSA) is 55.8 Å². The van der Waals surface area contributed by atoms with E-state index in [1.54, 1.807) is 6.92 Å². The Morgan fingerprint density at radius 3 is 2.74 bits per heavy atom. The smallest absolute Gasteiger partial charge is 0.306 e. The average molecular weight is 372 g/mol. The van der Waals surface area contributed by atoms with E-state index in [1.165, 1.54) is 12.1 Å². The first-order chi connectivity index (χ1) is 12.6. The standard InChI is InChI=1S/C22H25FO4/c1-13-7-15(8-14(2)21(24)25)5-6-19(13)26-12-17-10-18(23)9-16-11-22(3,4)27-20(16)17/h5-7,9-10,14H,8,11-12H2,1-4H3,(H,24,25). The van der Waals surface area contributed by atoms with Gasteiger partial charge in [0, 0.05) is 17.5 Å². The Balaban J connectivity index is 1.74. The van der Waals surface area contributed by atoms with E-state index in [1.807, 2.05) is 39.0 Å². The van der Waals surface area contributed by atoms with Crippen molar-refractivity contribution >= 4 is 5.97 Å². The molecule has 0 amide bonds. The van der Waals surface area contributed by atoms with Crippen LogP contribution in [0.25, 0.3) is 0 Å². The number of carboxylic acid groups (broad SMARTS) is 1. The van der Waals surface area contributed by atoms with Gasteiger partial charge in [0.1, 0.15) is 29.5 Å². The van der Waals surface area contributed by atoms with Crippen LogP contribution < -0.4 is 9.47 Å². The maximum Gasteiger partial charge on any atom is 0.306 e. The molecule has 0 fully saturated rings. The number of halogens is 1. The van der Waals surface area contributed by atoms with Gasteiger partial charge in [-0.15, -0.1) is 0 Å². The van der Waals surface area contributed by atoms with Crippen molar-refractivity contribution in [2.75, 3.05) is 0 Å². The molecule has 3 rings (SSSR count). The SMILES string of the molecule is Cc1cc(CC(C)C(=O)O)ccc1OCc1cc(F)cc2c1OC(C)(C)C2. The molecule has 5 heteroatoms. The second-order valence-corrected chi connectivity index (χ2v) is 7.92. The summed E-state index contributed by atoms with van der Waals surface area (Å²) in [5.74, 6) is -0.131. The van der Waals surface area contributed by atoms with Crippen LogP contribution in [0.5, 0.6) is 11.5 Å². The monoisotopic (exact) mass is 372 g/mol. The van der Waals surface area contributed by atoms with Gasteiger partial charge in [0.05, 0.1) is 5.92 Å². The molecular formula is C22H25FO4. The lowest BCUT2D eigenvalue weighted by molar-refractivity contribution is -0.141. The van der Waals surface area contributed by atoms with Gasteiger partial charge in [-0.3, -0.25) is 4.79 Å². The number of fused-ring (bicyclic) bond motifs is 1. The highest BCUT2D eigenvalue weighted by atomic mass is 19.1. The zero-order chi connectivity index (χ0) is 19.8. The molecule has 0 spiro atoms. The third kappa shape index (κ3) is 4.41. The zero-order valence-corrected chi connectivity index (χ0v) is 16.1. The molecule has 0 saturated heterocycles. The maximum atomic E-state index is 14.0. The number of carbonyl (C=O) groups is 1. The summed E-state index contributed by atoms with van der Waals surface area (Å²) in [6, 6.07) is 8.63. The van der Waals surface area contributed by atoms with E-state index < -0.39 is 11.9 Å². The van der Waals surface area contributed by atoms with Gasteiger partial charge in [-0.05, 0) is 56.5 Å². The summed E-state index contributed by atoms with van der Waals surface area (Å²) >= 11 is 0. The number of ether oxygens (including phenoxy) is 2. The zero-order valence-electron chi connectivity index (χ0n) is 16.1. The molecule has 2 aromatic carbocycles. The minimum absolute atomic E-state index is 0.210. The summed E-state index contributed by atoms with van der Waals surface area (Å²) in [7, 11) is 0. The van der Waals surface area contributed by atoms with Crippen molar-refractivity contribution in [3.05, 3.63) is 58.4 Å². The molecule has 0 aliphatic carbocycles. The fourth-order valence-electron chi connectivity index (χ4n) is 3.45. The molecule has 1 atom stereocenters. The average Bonchev–Trinajstić information content (AvgIpc) is 2.87. The largest absolute Gasteiger partial charge is 0.488 e. The van der Waals surface area contributed by atoms with Crippen molar-refractivity contribution in [1.29, 1.82) is 0 Å². The van der Waals surface area contributed by atoms with Crippen LogP contribution >= 0.6 is 0 Å². The molecule has 1 heterocycles. The van der Waals surface area contributed by atoms with Crippen LogP contribution in [0.3, 0.4) is 0 Å². The Bertz CT molecular complexity index is 873. The van der Waals surface area contributed by atoms with Gasteiger partial charge >= 0.3 is 5.97 Å². The van der Waals surface area contributed by atoms with E-state index in [2.05, 4.69) is 0 Å². The second-order valence-electron chi connectivity index (χ2n) is 7.92. The van der Waals surface area contributed by atoms with Gasteiger partial charge < -0.3 is 14.6 Å². The Kier molecular flexibility index (Phi) is 5.13. The lowest BCUT2D eigenvalue weighted by Gasteiger charge is -2.18. The van der Waals surface area contributed by atoms with Gasteiger partial charge in [0.25, 0.3) is 0 Å². The number of aliphatic carboxylic acids is 1. The van der Waals surface area contributed by atoms with Crippen molar-refractivity contribution in [3.8, 4) is 11.5 Å². The number of hydrogen-bond acceptors (Lipinski definition) is 3. The summed E-state index contributed by atoms with van der Waals surface area (Å²) in [4.78, 5) is 11.0. The van der Waals surface area contributed by atoms with Crippen LogP contribution in [0.15, 0.2) is 30.3 Å². The van der Waals surface area contributed by atoms with Gasteiger partial charge in [-0.2, -0.15) is 0 Å². The molecular weight excluding hydrogens is 347 g/mol. The molecule has 1 aliphatic heterocycles. The van der Waals surface area contributed by atoms with Crippen molar-refractivity contribution in [1.82, 2.24) is 0 Å². The fourth-order valence-corrected chi connectivity index (χ4v) is 3.45. The number of carboxylic acids is 1. The van der Waals surface area contributed by atoms with E-state index in [0.29, 0.717) is 29.9 Å². The summed E-state index contributed by atoms with van der Waals surface area (Å²) < 4.78 is 25.9. The van der Waals surface area contributed by atoms with Crippen LogP contribution in [0.4, 0.5) is 4.39 Å². The van der Waals surface area contributed by atoms with Crippen LogP contribution in [-0.2, 0) is 24.2 Å². The first kappa shape index (κ1) is 19.2. The third-order valence-corrected chi connectivity index (χ3v) is 4.79. The highest BCUT2D eigenvalue weighted by molar-refractivity contribution is 5.69. The van der Waals surface area contributed by atoms with E-state index >= 15 is 0 Å². The van der Waals surface area contributed by atoms with E-state index in [9.17, 15) is 9.18 Å². The predicted octanol–water partition coefficient (Wildman–Crippen LogP) is 4.69. The molecule has 144 valence electrons. The molecule has 2 aromatic rings. The summed E-state index contributed by atoms with van der Waals surface area (Å²) in [5.41, 5.74) is 3.08. The molecule has 1 unspecified atom stereocenters. The molecule has 0 aromatic heterocycles. The van der Waals surface area contributed by atoms with Crippen LogP contribution in [0, 0.1) is 18.7 Å². The van der Waals surface area contributed by atoms with E-state index in [0.717, 1.165) is 16.7 Å². The quantitative estimate of drug-likeness (QED) is 0.799. The Morgan fingerprint density at radius 2 is 2.07 bits per heavy atom. The van der Waals surface area contributed by atoms with Crippen LogP contribution in [0.2, 0.25) is 0 Å². The minimum atomic E-state index is -0.809. The van der Waals surface area contributed by atoms with E-state index in [4.69, 9.17) is 14.6 Å². The molecule has 0 saturated carbocycles. The molecule has 0 bridgehead atoms. The Hall–Kier alpha value is -2.56. The molecule has 27 heavy (non-hydrogen) atoms. The lowest BCUT2D eigenvalue weighted by atomic mass is 9.99. The highest BCUT2D eigenvalue weighted by Crippen LogP contribution is 2.39. The number of hydrogen-bond donors (Lipinski definition) is 1. The summed E-state index contributed by atoms with van der Waals surface area (Å²) in [5, 5.41) is 9.05. The van der Waals surface area contributed by atoms with Gasteiger partial charge in [0.15, 0.2) is 0 Å². The first-order valence-electron chi connectivity index (χ1n) is 9.10. The van der Waals surface area contributed by atoms with Gasteiger partial charge in [0.2, 0.25) is 0 Å². The Morgan fingerprint density at radius 1 is 1.33 bits per heavy atom. The summed E-state index contributed by atoms with van der Waals surface area (Å²) in [6.45, 7) is 7.78.